The summed E-state index contributed by atoms with van der Waals surface area (Å²) >= 11 is 0. The zero-order valence-corrected chi connectivity index (χ0v) is 11.0. The highest BCUT2D eigenvalue weighted by Gasteiger charge is 2.10. The van der Waals surface area contributed by atoms with Gasteiger partial charge in [0.15, 0.2) is 0 Å². The zero-order valence-electron chi connectivity index (χ0n) is 11.0. The van der Waals surface area contributed by atoms with Crippen LogP contribution in [0, 0.1) is 5.92 Å². The van der Waals surface area contributed by atoms with Gasteiger partial charge in [0.25, 0.3) is 0 Å². The quantitative estimate of drug-likeness (QED) is 0.585. The second-order valence-electron chi connectivity index (χ2n) is 4.77. The Morgan fingerprint density at radius 2 is 1.89 bits per heavy atom. The van der Waals surface area contributed by atoms with Gasteiger partial charge in [0, 0.05) is 6.21 Å². The average Bonchev–Trinajstić information content (AvgIpc) is 2.45. The minimum atomic E-state index is 0.521. The molecule has 0 bridgehead atoms. The minimum absolute atomic E-state index is 0.521. The monoisotopic (exact) mass is 247 g/mol. The van der Waals surface area contributed by atoms with Gasteiger partial charge in [-0.15, -0.1) is 0 Å². The highest BCUT2D eigenvalue weighted by molar-refractivity contribution is 5.59. The smallest absolute Gasteiger partial charge is 0.142 e. The second kappa shape index (κ2) is 7.04. The molecule has 98 valence electrons. The molecule has 0 atom stereocenters. The number of ether oxygens (including phenoxy) is 1. The van der Waals surface area contributed by atoms with Crippen LogP contribution in [-0.4, -0.2) is 13.3 Å². The van der Waals surface area contributed by atoms with E-state index >= 15 is 0 Å². The van der Waals surface area contributed by atoms with Crippen LogP contribution >= 0.6 is 0 Å². The average molecular weight is 247 g/mol. The molecule has 1 saturated carbocycles. The van der Waals surface area contributed by atoms with E-state index in [1.54, 1.807) is 7.11 Å². The van der Waals surface area contributed by atoms with Gasteiger partial charge in [-0.2, -0.15) is 0 Å². The van der Waals surface area contributed by atoms with Crippen LogP contribution in [0.2, 0.25) is 0 Å². The fraction of sp³-hybridized carbons (Fsp3) is 0.533. The molecule has 18 heavy (non-hydrogen) atoms. The van der Waals surface area contributed by atoms with Crippen molar-refractivity contribution in [1.82, 2.24) is 0 Å². The summed E-state index contributed by atoms with van der Waals surface area (Å²) in [6.07, 6.45) is 8.52. The van der Waals surface area contributed by atoms with E-state index in [1.165, 1.54) is 32.1 Å². The summed E-state index contributed by atoms with van der Waals surface area (Å²) in [5.74, 6) is 1.49. The largest absolute Gasteiger partial charge is 0.497 e. The first kappa shape index (κ1) is 12.9. The first-order valence-electron chi connectivity index (χ1n) is 6.67. The Hall–Kier alpha value is -1.51. The maximum absolute atomic E-state index is 5.32. The summed E-state index contributed by atoms with van der Waals surface area (Å²) in [6, 6.07) is 7.86. The van der Waals surface area contributed by atoms with Crippen LogP contribution in [0.3, 0.4) is 0 Å². The summed E-state index contributed by atoms with van der Waals surface area (Å²) in [5, 5.41) is 4.08. The summed E-state index contributed by atoms with van der Waals surface area (Å²) in [4.78, 5) is 5.32. The van der Waals surface area contributed by atoms with E-state index in [1.807, 2.05) is 30.5 Å². The third-order valence-electron chi connectivity index (χ3n) is 3.39. The number of oxime groups is 1. The molecule has 1 aromatic rings. The summed E-state index contributed by atoms with van der Waals surface area (Å²) in [6.45, 7) is 0.521. The van der Waals surface area contributed by atoms with Crippen molar-refractivity contribution in [1.29, 1.82) is 0 Å². The molecule has 0 unspecified atom stereocenters. The Labute approximate surface area is 109 Å². The molecular formula is C15H21NO2. The van der Waals surface area contributed by atoms with Crippen molar-refractivity contribution in [2.45, 2.75) is 38.7 Å². The van der Waals surface area contributed by atoms with Crippen molar-refractivity contribution in [2.75, 3.05) is 7.11 Å². The molecule has 0 heterocycles. The van der Waals surface area contributed by atoms with Gasteiger partial charge in [-0.3, -0.25) is 0 Å². The standard InChI is InChI=1S/C15H21NO2/c1-17-15-9-7-14(8-10-15)12-18-16-11-13-5-3-2-4-6-13/h7-11,13H,2-6,12H2,1H3. The fourth-order valence-electron chi connectivity index (χ4n) is 2.25. The van der Waals surface area contributed by atoms with E-state index in [9.17, 15) is 0 Å². The van der Waals surface area contributed by atoms with Crippen LogP contribution in [0.25, 0.3) is 0 Å². The van der Waals surface area contributed by atoms with Crippen LogP contribution in [0.4, 0.5) is 0 Å². The number of methoxy groups -OCH3 is 1. The lowest BCUT2D eigenvalue weighted by Crippen LogP contribution is -2.07. The lowest BCUT2D eigenvalue weighted by molar-refractivity contribution is 0.130. The van der Waals surface area contributed by atoms with E-state index in [0.717, 1.165) is 11.3 Å². The van der Waals surface area contributed by atoms with Crippen molar-refractivity contribution in [3.05, 3.63) is 29.8 Å². The van der Waals surface area contributed by atoms with Gasteiger partial charge in [0.2, 0.25) is 0 Å². The Balaban J connectivity index is 1.71. The normalized spacial score (nSPS) is 16.9. The van der Waals surface area contributed by atoms with Gasteiger partial charge >= 0.3 is 0 Å². The van der Waals surface area contributed by atoms with E-state index in [0.29, 0.717) is 12.5 Å². The number of nitrogens with zero attached hydrogens (tertiary/aromatic N) is 1. The molecule has 0 aliphatic heterocycles. The Bertz CT molecular complexity index is 367. The van der Waals surface area contributed by atoms with Crippen LogP contribution in [-0.2, 0) is 11.4 Å². The maximum Gasteiger partial charge on any atom is 0.142 e. The van der Waals surface area contributed by atoms with Gasteiger partial charge in [-0.05, 0) is 36.5 Å². The second-order valence-corrected chi connectivity index (χ2v) is 4.77. The summed E-state index contributed by atoms with van der Waals surface area (Å²) in [7, 11) is 1.67. The number of hydrogen-bond donors (Lipinski definition) is 0. The first-order valence-corrected chi connectivity index (χ1v) is 6.67. The Morgan fingerprint density at radius 3 is 2.56 bits per heavy atom. The molecule has 2 rings (SSSR count). The highest BCUT2D eigenvalue weighted by atomic mass is 16.6. The van der Waals surface area contributed by atoms with E-state index in [-0.39, 0.29) is 0 Å². The molecule has 0 N–H and O–H groups in total. The van der Waals surface area contributed by atoms with Gasteiger partial charge < -0.3 is 9.57 Å². The third kappa shape index (κ3) is 4.06. The molecule has 0 aromatic heterocycles. The fourth-order valence-corrected chi connectivity index (χ4v) is 2.25. The third-order valence-corrected chi connectivity index (χ3v) is 3.39. The van der Waals surface area contributed by atoms with Crippen LogP contribution in [0.5, 0.6) is 5.75 Å². The maximum atomic E-state index is 5.32. The molecule has 0 amide bonds. The van der Waals surface area contributed by atoms with Gasteiger partial charge in [-0.1, -0.05) is 36.6 Å². The molecule has 0 saturated heterocycles. The van der Waals surface area contributed by atoms with Crippen LogP contribution in [0.15, 0.2) is 29.4 Å². The minimum Gasteiger partial charge on any atom is -0.497 e. The van der Waals surface area contributed by atoms with Crippen molar-refractivity contribution in [3.8, 4) is 5.75 Å². The first-order chi connectivity index (χ1) is 8.88. The lowest BCUT2D eigenvalue weighted by Gasteiger charge is -2.16. The Morgan fingerprint density at radius 1 is 1.17 bits per heavy atom. The molecule has 1 aliphatic rings. The van der Waals surface area contributed by atoms with Crippen LogP contribution < -0.4 is 4.74 Å². The summed E-state index contributed by atoms with van der Waals surface area (Å²) < 4.78 is 5.10. The topological polar surface area (TPSA) is 30.8 Å². The molecule has 3 nitrogen and oxygen atoms in total. The molecule has 1 fully saturated rings. The number of hydrogen-bond acceptors (Lipinski definition) is 3. The van der Waals surface area contributed by atoms with Crippen molar-refractivity contribution >= 4 is 6.21 Å². The van der Waals surface area contributed by atoms with Gasteiger partial charge in [0.05, 0.1) is 7.11 Å². The molecule has 3 heteroatoms. The Kier molecular flexibility index (Phi) is 5.06. The molecule has 1 aromatic carbocycles. The van der Waals surface area contributed by atoms with Crippen molar-refractivity contribution in [2.24, 2.45) is 11.1 Å². The van der Waals surface area contributed by atoms with E-state index in [4.69, 9.17) is 9.57 Å². The van der Waals surface area contributed by atoms with E-state index in [2.05, 4.69) is 5.16 Å². The van der Waals surface area contributed by atoms with Gasteiger partial charge in [0.1, 0.15) is 12.4 Å². The number of benzene rings is 1. The van der Waals surface area contributed by atoms with E-state index < -0.39 is 0 Å². The molecular weight excluding hydrogens is 226 g/mol. The zero-order chi connectivity index (χ0) is 12.6. The predicted octanol–water partition coefficient (Wildman–Crippen LogP) is 3.78. The van der Waals surface area contributed by atoms with Crippen LogP contribution in [0.1, 0.15) is 37.7 Å². The SMILES string of the molecule is COc1ccc(CON=CC2CCCCC2)cc1. The van der Waals surface area contributed by atoms with Crippen molar-refractivity contribution in [3.63, 3.8) is 0 Å². The highest BCUT2D eigenvalue weighted by Crippen LogP contribution is 2.22. The predicted molar refractivity (Wildman–Crippen MR) is 72.9 cm³/mol. The number of rotatable bonds is 5. The summed E-state index contributed by atoms with van der Waals surface area (Å²) in [5.41, 5.74) is 1.11. The lowest BCUT2D eigenvalue weighted by atomic mass is 9.90. The van der Waals surface area contributed by atoms with Crippen molar-refractivity contribution < 1.29 is 9.57 Å². The molecule has 0 spiro atoms. The molecule has 1 aliphatic carbocycles. The molecule has 0 radical (unpaired) electrons. The van der Waals surface area contributed by atoms with Gasteiger partial charge in [-0.25, -0.2) is 0 Å².